The molecule has 0 radical (unpaired) electrons. The van der Waals surface area contributed by atoms with Gasteiger partial charge in [-0.3, -0.25) is 4.68 Å². The molecule has 0 spiro atoms. The van der Waals surface area contributed by atoms with Crippen molar-refractivity contribution in [3.05, 3.63) is 41.2 Å². The standard InChI is InChI=1S/C14H20N4O2S/c1-10-8-12(15)9-11(2)14(10)21(19,20)17-7-5-13-4-6-16-18(13)3/h4,6,8-9,17H,5,7,15H2,1-3H3. The second-order valence-electron chi connectivity index (χ2n) is 5.08. The molecule has 0 aliphatic rings. The zero-order valence-corrected chi connectivity index (χ0v) is 13.2. The van der Waals surface area contributed by atoms with Crippen LogP contribution in [0.1, 0.15) is 16.8 Å². The molecule has 0 aliphatic heterocycles. The molecule has 0 fully saturated rings. The molecule has 1 aromatic heterocycles. The Balaban J connectivity index is 2.14. The molecule has 7 heteroatoms. The molecular weight excluding hydrogens is 288 g/mol. The summed E-state index contributed by atoms with van der Waals surface area (Å²) in [6.07, 6.45) is 2.28. The van der Waals surface area contributed by atoms with Crippen molar-refractivity contribution in [3.8, 4) is 0 Å². The largest absolute Gasteiger partial charge is 0.399 e. The zero-order valence-electron chi connectivity index (χ0n) is 12.4. The van der Waals surface area contributed by atoms with Crippen molar-refractivity contribution in [2.45, 2.75) is 25.2 Å². The molecule has 0 aliphatic carbocycles. The number of nitrogen functional groups attached to an aromatic ring is 1. The van der Waals surface area contributed by atoms with Crippen LogP contribution in [0.4, 0.5) is 5.69 Å². The summed E-state index contributed by atoms with van der Waals surface area (Å²) in [6, 6.07) is 5.21. The van der Waals surface area contributed by atoms with E-state index in [-0.39, 0.29) is 0 Å². The topological polar surface area (TPSA) is 90.0 Å². The van der Waals surface area contributed by atoms with Gasteiger partial charge < -0.3 is 5.73 Å². The Morgan fingerprint density at radius 3 is 2.43 bits per heavy atom. The predicted octanol–water partition coefficient (Wildman–Crippen LogP) is 1.14. The summed E-state index contributed by atoms with van der Waals surface area (Å²) in [5, 5.41) is 4.05. The molecule has 0 bridgehead atoms. The molecule has 1 aromatic carbocycles. The highest BCUT2D eigenvalue weighted by Crippen LogP contribution is 2.22. The van der Waals surface area contributed by atoms with E-state index in [0.29, 0.717) is 34.7 Å². The van der Waals surface area contributed by atoms with Gasteiger partial charge in [0, 0.05) is 37.6 Å². The summed E-state index contributed by atoms with van der Waals surface area (Å²) >= 11 is 0. The van der Waals surface area contributed by atoms with Crippen molar-refractivity contribution >= 4 is 15.7 Å². The molecular formula is C14H20N4O2S. The highest BCUT2D eigenvalue weighted by Gasteiger charge is 2.19. The second kappa shape index (κ2) is 5.87. The third-order valence-electron chi connectivity index (χ3n) is 3.35. The van der Waals surface area contributed by atoms with Crippen molar-refractivity contribution in [3.63, 3.8) is 0 Å². The number of anilines is 1. The number of hydrogen-bond acceptors (Lipinski definition) is 4. The first-order chi connectivity index (χ1) is 9.81. The van der Waals surface area contributed by atoms with Crippen molar-refractivity contribution in [2.24, 2.45) is 7.05 Å². The third-order valence-corrected chi connectivity index (χ3v) is 5.11. The van der Waals surface area contributed by atoms with Crippen LogP contribution in [-0.2, 0) is 23.5 Å². The van der Waals surface area contributed by atoms with Gasteiger partial charge in [0.15, 0.2) is 0 Å². The number of sulfonamides is 1. The van der Waals surface area contributed by atoms with Gasteiger partial charge in [0.1, 0.15) is 0 Å². The first-order valence-electron chi connectivity index (χ1n) is 6.64. The molecule has 0 unspecified atom stereocenters. The van der Waals surface area contributed by atoms with E-state index in [1.807, 2.05) is 13.1 Å². The Labute approximate surface area is 125 Å². The van der Waals surface area contributed by atoms with Crippen molar-refractivity contribution in [2.75, 3.05) is 12.3 Å². The van der Waals surface area contributed by atoms with E-state index in [9.17, 15) is 8.42 Å². The molecule has 1 heterocycles. The number of hydrogen-bond donors (Lipinski definition) is 2. The zero-order chi connectivity index (χ0) is 15.6. The van der Waals surface area contributed by atoms with Crippen LogP contribution in [0.3, 0.4) is 0 Å². The summed E-state index contributed by atoms with van der Waals surface area (Å²) in [5.74, 6) is 0. The minimum atomic E-state index is -3.54. The molecule has 2 rings (SSSR count). The lowest BCUT2D eigenvalue weighted by molar-refractivity contribution is 0.578. The minimum absolute atomic E-state index is 0.307. The molecule has 2 aromatic rings. The maximum absolute atomic E-state index is 12.4. The minimum Gasteiger partial charge on any atom is -0.399 e. The maximum Gasteiger partial charge on any atom is 0.241 e. The highest BCUT2D eigenvalue weighted by atomic mass is 32.2. The Hall–Kier alpha value is -1.86. The average Bonchev–Trinajstić information content (AvgIpc) is 2.73. The van der Waals surface area contributed by atoms with Crippen molar-refractivity contribution in [1.82, 2.24) is 14.5 Å². The maximum atomic E-state index is 12.4. The summed E-state index contributed by atoms with van der Waals surface area (Å²) in [5.41, 5.74) is 8.58. The molecule has 0 atom stereocenters. The molecule has 0 saturated heterocycles. The van der Waals surface area contributed by atoms with E-state index in [4.69, 9.17) is 5.73 Å². The van der Waals surface area contributed by atoms with Crippen LogP contribution in [0.5, 0.6) is 0 Å². The summed E-state index contributed by atoms with van der Waals surface area (Å²) in [7, 11) is -1.71. The third kappa shape index (κ3) is 3.43. The lowest BCUT2D eigenvalue weighted by atomic mass is 10.1. The van der Waals surface area contributed by atoms with E-state index >= 15 is 0 Å². The Morgan fingerprint density at radius 2 is 1.90 bits per heavy atom. The number of aryl methyl sites for hydroxylation is 3. The van der Waals surface area contributed by atoms with Gasteiger partial charge in [-0.1, -0.05) is 0 Å². The monoisotopic (exact) mass is 308 g/mol. The Kier molecular flexibility index (Phi) is 4.34. The van der Waals surface area contributed by atoms with Crippen LogP contribution in [0.25, 0.3) is 0 Å². The van der Waals surface area contributed by atoms with E-state index in [0.717, 1.165) is 5.69 Å². The van der Waals surface area contributed by atoms with E-state index < -0.39 is 10.0 Å². The van der Waals surface area contributed by atoms with Crippen LogP contribution in [0.15, 0.2) is 29.3 Å². The summed E-state index contributed by atoms with van der Waals surface area (Å²) in [6.45, 7) is 3.82. The smallest absolute Gasteiger partial charge is 0.241 e. The van der Waals surface area contributed by atoms with E-state index in [1.165, 1.54) is 0 Å². The fraction of sp³-hybridized carbons (Fsp3) is 0.357. The molecule has 0 saturated carbocycles. The normalized spacial score (nSPS) is 11.8. The second-order valence-corrected chi connectivity index (χ2v) is 6.78. The van der Waals surface area contributed by atoms with E-state index in [1.54, 1.807) is 36.9 Å². The molecule has 114 valence electrons. The number of nitrogens with one attached hydrogen (secondary N) is 1. The predicted molar refractivity (Wildman–Crippen MR) is 82.4 cm³/mol. The van der Waals surface area contributed by atoms with Gasteiger partial charge in [0.2, 0.25) is 10.0 Å². The lowest BCUT2D eigenvalue weighted by Gasteiger charge is -2.13. The number of nitrogens with zero attached hydrogens (tertiary/aromatic N) is 2. The molecule has 0 amide bonds. The van der Waals surface area contributed by atoms with Gasteiger partial charge in [-0.05, 0) is 43.2 Å². The van der Waals surface area contributed by atoms with E-state index in [2.05, 4.69) is 9.82 Å². The summed E-state index contributed by atoms with van der Waals surface area (Å²) in [4.78, 5) is 0.307. The van der Waals surface area contributed by atoms with Gasteiger partial charge in [-0.25, -0.2) is 13.1 Å². The molecule has 3 N–H and O–H groups in total. The van der Waals surface area contributed by atoms with Crippen molar-refractivity contribution in [1.29, 1.82) is 0 Å². The van der Waals surface area contributed by atoms with Gasteiger partial charge in [0.05, 0.1) is 4.90 Å². The van der Waals surface area contributed by atoms with Crippen LogP contribution in [0, 0.1) is 13.8 Å². The fourth-order valence-electron chi connectivity index (χ4n) is 2.44. The summed E-state index contributed by atoms with van der Waals surface area (Å²) < 4.78 is 29.2. The number of benzene rings is 1. The highest BCUT2D eigenvalue weighted by molar-refractivity contribution is 7.89. The van der Waals surface area contributed by atoms with Gasteiger partial charge in [-0.2, -0.15) is 5.10 Å². The van der Waals surface area contributed by atoms with Gasteiger partial charge in [0.25, 0.3) is 0 Å². The molecule has 6 nitrogen and oxygen atoms in total. The molecule has 21 heavy (non-hydrogen) atoms. The Bertz CT molecular complexity index is 727. The van der Waals surface area contributed by atoms with Crippen LogP contribution < -0.4 is 10.5 Å². The fourth-order valence-corrected chi connectivity index (χ4v) is 3.92. The number of nitrogens with two attached hydrogens (primary N) is 1. The average molecular weight is 308 g/mol. The first kappa shape index (κ1) is 15.5. The quantitative estimate of drug-likeness (QED) is 0.811. The van der Waals surface area contributed by atoms with Crippen LogP contribution >= 0.6 is 0 Å². The number of aromatic nitrogens is 2. The van der Waals surface area contributed by atoms with Gasteiger partial charge in [-0.15, -0.1) is 0 Å². The Morgan fingerprint density at radius 1 is 1.29 bits per heavy atom. The van der Waals surface area contributed by atoms with Crippen LogP contribution in [0.2, 0.25) is 0 Å². The SMILES string of the molecule is Cc1cc(N)cc(C)c1S(=O)(=O)NCCc1ccnn1C. The number of rotatable bonds is 5. The van der Waals surface area contributed by atoms with Gasteiger partial charge >= 0.3 is 0 Å². The lowest BCUT2D eigenvalue weighted by Crippen LogP contribution is -2.27. The first-order valence-corrected chi connectivity index (χ1v) is 8.13. The van der Waals surface area contributed by atoms with Crippen LogP contribution in [-0.4, -0.2) is 24.7 Å². The van der Waals surface area contributed by atoms with Crippen molar-refractivity contribution < 1.29 is 8.42 Å².